The van der Waals surface area contributed by atoms with Crippen molar-refractivity contribution in [3.05, 3.63) is 70.6 Å². The topological polar surface area (TPSA) is 74.3 Å². The Balaban J connectivity index is 1.68. The molecule has 1 aliphatic heterocycles. The van der Waals surface area contributed by atoms with E-state index in [2.05, 4.69) is 52.0 Å². The van der Waals surface area contributed by atoms with Gasteiger partial charge in [-0.05, 0) is 48.6 Å². The summed E-state index contributed by atoms with van der Waals surface area (Å²) in [5.41, 5.74) is 2.34. The quantitative estimate of drug-likeness (QED) is 0.658. The summed E-state index contributed by atoms with van der Waals surface area (Å²) in [6, 6.07) is 8.97. The molecular formula is C23H27BrN4O2. The van der Waals surface area contributed by atoms with Gasteiger partial charge in [0.15, 0.2) is 0 Å². The summed E-state index contributed by atoms with van der Waals surface area (Å²) in [7, 11) is 0. The first-order chi connectivity index (χ1) is 14.3. The van der Waals surface area contributed by atoms with Gasteiger partial charge in [-0.25, -0.2) is 0 Å². The minimum atomic E-state index is -0.227. The van der Waals surface area contributed by atoms with Gasteiger partial charge in [-0.2, -0.15) is 0 Å². The zero-order chi connectivity index (χ0) is 21.7. The van der Waals surface area contributed by atoms with Crippen LogP contribution in [0.5, 0.6) is 0 Å². The number of likely N-dealkylation sites (tertiary alicyclic amines) is 1. The van der Waals surface area contributed by atoms with Crippen LogP contribution in [0.15, 0.2) is 59.5 Å². The van der Waals surface area contributed by atoms with Crippen molar-refractivity contribution >= 4 is 33.4 Å². The largest absolute Gasteiger partial charge is 0.357 e. The van der Waals surface area contributed by atoms with Crippen LogP contribution in [0.1, 0.15) is 41.0 Å². The average Bonchev–Trinajstić information content (AvgIpc) is 2.72. The van der Waals surface area contributed by atoms with Gasteiger partial charge < -0.3 is 15.5 Å². The predicted molar refractivity (Wildman–Crippen MR) is 122 cm³/mol. The van der Waals surface area contributed by atoms with Crippen molar-refractivity contribution in [3.8, 4) is 0 Å². The fourth-order valence-corrected chi connectivity index (χ4v) is 4.18. The maximum atomic E-state index is 13.3. The van der Waals surface area contributed by atoms with Crippen LogP contribution in [-0.4, -0.2) is 41.3 Å². The minimum Gasteiger partial charge on any atom is -0.357 e. The number of hydrogen-bond donors (Lipinski definition) is 2. The van der Waals surface area contributed by atoms with Gasteiger partial charge in [0.2, 0.25) is 0 Å². The van der Waals surface area contributed by atoms with Crippen LogP contribution in [-0.2, 0) is 0 Å². The first-order valence-electron chi connectivity index (χ1n) is 10.1. The van der Waals surface area contributed by atoms with E-state index in [9.17, 15) is 9.59 Å². The van der Waals surface area contributed by atoms with Crippen molar-refractivity contribution in [2.24, 2.45) is 11.8 Å². The molecule has 1 saturated heterocycles. The Morgan fingerprint density at radius 3 is 2.63 bits per heavy atom. The Hall–Kier alpha value is -2.67. The van der Waals surface area contributed by atoms with E-state index in [0.29, 0.717) is 34.3 Å². The van der Waals surface area contributed by atoms with Crippen LogP contribution < -0.4 is 10.6 Å². The molecule has 0 spiro atoms. The number of carbonyl (C=O) groups excluding carboxylic acids is 2. The lowest BCUT2D eigenvalue weighted by atomic mass is 9.91. The summed E-state index contributed by atoms with van der Waals surface area (Å²) in [4.78, 5) is 31.3. The van der Waals surface area contributed by atoms with E-state index >= 15 is 0 Å². The molecule has 1 aromatic heterocycles. The van der Waals surface area contributed by atoms with Crippen molar-refractivity contribution in [3.63, 3.8) is 0 Å². The highest BCUT2D eigenvalue weighted by Crippen LogP contribution is 2.27. The minimum absolute atomic E-state index is 0.00407. The van der Waals surface area contributed by atoms with Gasteiger partial charge >= 0.3 is 0 Å². The lowest BCUT2D eigenvalue weighted by Gasteiger charge is -2.35. The molecule has 2 N–H and O–H groups in total. The molecule has 0 radical (unpaired) electrons. The van der Waals surface area contributed by atoms with E-state index in [1.807, 2.05) is 23.1 Å². The van der Waals surface area contributed by atoms with Crippen LogP contribution in [0, 0.1) is 11.8 Å². The average molecular weight is 471 g/mol. The number of aromatic nitrogens is 1. The van der Waals surface area contributed by atoms with Gasteiger partial charge in [-0.3, -0.25) is 14.6 Å². The smallest absolute Gasteiger partial charge is 0.256 e. The third-order valence-electron chi connectivity index (χ3n) is 5.07. The molecule has 0 saturated carbocycles. The van der Waals surface area contributed by atoms with Crippen molar-refractivity contribution in [1.29, 1.82) is 0 Å². The summed E-state index contributed by atoms with van der Waals surface area (Å²) in [5, 5.41) is 6.00. The zero-order valence-corrected chi connectivity index (χ0v) is 18.9. The summed E-state index contributed by atoms with van der Waals surface area (Å²) in [5.74, 6) is 0.747. The van der Waals surface area contributed by atoms with Crippen molar-refractivity contribution < 1.29 is 9.59 Å². The molecule has 6 nitrogen and oxygen atoms in total. The van der Waals surface area contributed by atoms with Crippen molar-refractivity contribution in [1.82, 2.24) is 15.2 Å². The fraction of sp³-hybridized carbons (Fsp3) is 0.348. The summed E-state index contributed by atoms with van der Waals surface area (Å²) < 4.78 is 0.838. The standard InChI is InChI=1S/C23H27BrN4O2/c1-15-9-16(2)14-28(13-15)23(30)20-10-19(24)6-7-21(20)27-17(3)11-26-22(29)18-5-4-8-25-12-18/h4-8,10,12,15-16,27H,3,9,11,13-14H2,1-2H3,(H,26,29)/t15-,16?/m1/s1. The van der Waals surface area contributed by atoms with E-state index in [0.717, 1.165) is 24.0 Å². The number of piperidine rings is 1. The summed E-state index contributed by atoms with van der Waals surface area (Å²) in [6.07, 6.45) is 4.27. The summed E-state index contributed by atoms with van der Waals surface area (Å²) >= 11 is 3.47. The van der Waals surface area contributed by atoms with Gasteiger partial charge in [-0.1, -0.05) is 36.4 Å². The fourth-order valence-electron chi connectivity index (χ4n) is 3.82. The highest BCUT2D eigenvalue weighted by molar-refractivity contribution is 9.10. The van der Waals surface area contributed by atoms with Gasteiger partial charge in [0.1, 0.15) is 0 Å². The summed E-state index contributed by atoms with van der Waals surface area (Å²) in [6.45, 7) is 10.1. The van der Waals surface area contributed by atoms with Crippen molar-refractivity contribution in [2.75, 3.05) is 25.0 Å². The van der Waals surface area contributed by atoms with Crippen LogP contribution in [0.4, 0.5) is 5.69 Å². The van der Waals surface area contributed by atoms with E-state index in [4.69, 9.17) is 0 Å². The molecular weight excluding hydrogens is 444 g/mol. The number of carbonyl (C=O) groups is 2. The number of anilines is 1. The Morgan fingerprint density at radius 1 is 1.23 bits per heavy atom. The molecule has 0 aliphatic carbocycles. The molecule has 0 bridgehead atoms. The second-order valence-corrected chi connectivity index (χ2v) is 8.91. The first-order valence-corrected chi connectivity index (χ1v) is 10.8. The molecule has 1 aromatic carbocycles. The molecule has 1 unspecified atom stereocenters. The number of pyridine rings is 1. The van der Waals surface area contributed by atoms with Crippen LogP contribution >= 0.6 is 15.9 Å². The Bertz CT molecular complexity index is 922. The second kappa shape index (κ2) is 9.89. The lowest BCUT2D eigenvalue weighted by molar-refractivity contribution is 0.0624. The maximum Gasteiger partial charge on any atom is 0.256 e. The van der Waals surface area contributed by atoms with E-state index in [1.165, 1.54) is 6.20 Å². The van der Waals surface area contributed by atoms with Crippen molar-refractivity contribution in [2.45, 2.75) is 20.3 Å². The third-order valence-corrected chi connectivity index (χ3v) is 5.56. The number of halogens is 1. The highest BCUT2D eigenvalue weighted by Gasteiger charge is 2.27. The highest BCUT2D eigenvalue weighted by atomic mass is 79.9. The monoisotopic (exact) mass is 470 g/mol. The molecule has 2 heterocycles. The lowest BCUT2D eigenvalue weighted by Crippen LogP contribution is -2.42. The number of amides is 2. The number of nitrogens with zero attached hydrogens (tertiary/aromatic N) is 2. The maximum absolute atomic E-state index is 13.3. The number of benzene rings is 1. The number of hydrogen-bond acceptors (Lipinski definition) is 4. The van der Waals surface area contributed by atoms with Crippen LogP contribution in [0.2, 0.25) is 0 Å². The molecule has 2 amide bonds. The predicted octanol–water partition coefficient (Wildman–Crippen LogP) is 4.32. The van der Waals surface area contributed by atoms with Gasteiger partial charge in [0, 0.05) is 35.7 Å². The number of nitrogens with one attached hydrogen (secondary N) is 2. The van der Waals surface area contributed by atoms with E-state index in [-0.39, 0.29) is 18.4 Å². The molecule has 1 fully saturated rings. The van der Waals surface area contributed by atoms with E-state index in [1.54, 1.807) is 18.3 Å². The second-order valence-electron chi connectivity index (χ2n) is 8.00. The molecule has 2 atom stereocenters. The Labute approximate surface area is 185 Å². The SMILES string of the molecule is C=C(CNC(=O)c1cccnc1)Nc1ccc(Br)cc1C(=O)N1CC(C)C[C@@H](C)C1. The Morgan fingerprint density at radius 2 is 1.97 bits per heavy atom. The molecule has 7 heteroatoms. The van der Waals surface area contributed by atoms with Crippen LogP contribution in [0.25, 0.3) is 0 Å². The molecule has 30 heavy (non-hydrogen) atoms. The molecule has 1 aliphatic rings. The number of rotatable bonds is 6. The normalized spacial score (nSPS) is 18.6. The zero-order valence-electron chi connectivity index (χ0n) is 17.3. The molecule has 2 aromatic rings. The van der Waals surface area contributed by atoms with Crippen LogP contribution in [0.3, 0.4) is 0 Å². The van der Waals surface area contributed by atoms with Gasteiger partial charge in [0.05, 0.1) is 23.4 Å². The molecule has 3 rings (SSSR count). The first kappa shape index (κ1) is 22.0. The Kier molecular flexibility index (Phi) is 7.26. The van der Waals surface area contributed by atoms with Gasteiger partial charge in [0.25, 0.3) is 11.8 Å². The molecule has 158 valence electrons. The van der Waals surface area contributed by atoms with Gasteiger partial charge in [-0.15, -0.1) is 0 Å². The third kappa shape index (κ3) is 5.69. The van der Waals surface area contributed by atoms with E-state index < -0.39 is 0 Å².